The minimum atomic E-state index is -0.208. The van der Waals surface area contributed by atoms with Gasteiger partial charge >= 0.3 is 0 Å². The summed E-state index contributed by atoms with van der Waals surface area (Å²) in [7, 11) is 0. The Labute approximate surface area is 158 Å². The molecule has 2 aromatic carbocycles. The summed E-state index contributed by atoms with van der Waals surface area (Å²) in [5.41, 5.74) is 1.15. The molecule has 5 heteroatoms. The fraction of sp³-hybridized carbons (Fsp3) is 0.318. The Kier molecular flexibility index (Phi) is 5.01. The lowest BCUT2D eigenvalue weighted by atomic mass is 9.90. The van der Waals surface area contributed by atoms with Crippen molar-refractivity contribution in [1.29, 1.82) is 0 Å². The van der Waals surface area contributed by atoms with Gasteiger partial charge in [0.05, 0.1) is 11.6 Å². The topological polar surface area (TPSA) is 55.2 Å². The van der Waals surface area contributed by atoms with Gasteiger partial charge < -0.3 is 4.90 Å². The van der Waals surface area contributed by atoms with Gasteiger partial charge in [0, 0.05) is 18.5 Å². The van der Waals surface area contributed by atoms with Crippen molar-refractivity contribution < 1.29 is 4.79 Å². The first-order valence-corrected chi connectivity index (χ1v) is 9.47. The van der Waals surface area contributed by atoms with Crippen LogP contribution in [0.2, 0.25) is 0 Å². The predicted molar refractivity (Wildman–Crippen MR) is 105 cm³/mol. The van der Waals surface area contributed by atoms with Crippen LogP contribution in [-0.4, -0.2) is 33.7 Å². The van der Waals surface area contributed by atoms with Crippen LogP contribution in [0.1, 0.15) is 18.4 Å². The van der Waals surface area contributed by atoms with Crippen molar-refractivity contribution in [2.45, 2.75) is 25.8 Å². The molecule has 1 aromatic heterocycles. The fourth-order valence-electron chi connectivity index (χ4n) is 3.80. The molecule has 27 heavy (non-hydrogen) atoms. The normalized spacial score (nSPS) is 15.2. The van der Waals surface area contributed by atoms with E-state index in [0.29, 0.717) is 11.3 Å². The SMILES string of the molecule is O=C(Cn1ncc2ccccc2c1=O)N1CCC(Cc2ccccc2)CC1. The van der Waals surface area contributed by atoms with Crippen LogP contribution in [-0.2, 0) is 17.8 Å². The van der Waals surface area contributed by atoms with E-state index in [1.54, 1.807) is 12.3 Å². The number of hydrogen-bond donors (Lipinski definition) is 0. The average Bonchev–Trinajstić information content (AvgIpc) is 2.71. The maximum atomic E-state index is 12.6. The highest BCUT2D eigenvalue weighted by atomic mass is 16.2. The van der Waals surface area contributed by atoms with E-state index in [-0.39, 0.29) is 18.0 Å². The largest absolute Gasteiger partial charge is 0.341 e. The summed E-state index contributed by atoms with van der Waals surface area (Å²) in [6.45, 7) is 1.50. The van der Waals surface area contributed by atoms with Crippen molar-refractivity contribution in [3.05, 3.63) is 76.7 Å². The summed E-state index contributed by atoms with van der Waals surface area (Å²) in [6, 6.07) is 17.8. The number of amides is 1. The van der Waals surface area contributed by atoms with E-state index in [0.717, 1.165) is 37.7 Å². The standard InChI is InChI=1S/C22H23N3O2/c26-21(16-25-22(27)20-9-5-4-8-19(20)15-23-25)24-12-10-18(11-13-24)14-17-6-2-1-3-7-17/h1-9,15,18H,10-14,16H2. The predicted octanol–water partition coefficient (Wildman–Crippen LogP) is 2.88. The smallest absolute Gasteiger partial charge is 0.275 e. The third-order valence-corrected chi connectivity index (χ3v) is 5.38. The fourth-order valence-corrected chi connectivity index (χ4v) is 3.80. The Morgan fingerprint density at radius 2 is 1.70 bits per heavy atom. The second-order valence-corrected chi connectivity index (χ2v) is 7.21. The molecule has 2 heterocycles. The number of carbonyl (C=O) groups is 1. The van der Waals surface area contributed by atoms with Gasteiger partial charge in [-0.15, -0.1) is 0 Å². The van der Waals surface area contributed by atoms with Crippen LogP contribution in [0, 0.1) is 5.92 Å². The summed E-state index contributed by atoms with van der Waals surface area (Å²) in [5.74, 6) is 0.580. The van der Waals surface area contributed by atoms with Crippen LogP contribution in [0.25, 0.3) is 10.8 Å². The van der Waals surface area contributed by atoms with Crippen LogP contribution in [0.5, 0.6) is 0 Å². The highest BCUT2D eigenvalue weighted by Crippen LogP contribution is 2.21. The number of hydrogen-bond acceptors (Lipinski definition) is 3. The average molecular weight is 361 g/mol. The third kappa shape index (κ3) is 3.92. The molecule has 0 bridgehead atoms. The van der Waals surface area contributed by atoms with Crippen LogP contribution in [0.4, 0.5) is 0 Å². The minimum Gasteiger partial charge on any atom is -0.341 e. The lowest BCUT2D eigenvalue weighted by molar-refractivity contribution is -0.133. The van der Waals surface area contributed by atoms with Crippen molar-refractivity contribution in [1.82, 2.24) is 14.7 Å². The molecule has 0 aliphatic carbocycles. The molecule has 1 aliphatic rings. The van der Waals surface area contributed by atoms with E-state index in [1.807, 2.05) is 29.2 Å². The molecule has 0 unspecified atom stereocenters. The number of aromatic nitrogens is 2. The Morgan fingerprint density at radius 3 is 2.48 bits per heavy atom. The van der Waals surface area contributed by atoms with Crippen molar-refractivity contribution in [2.75, 3.05) is 13.1 Å². The van der Waals surface area contributed by atoms with E-state index >= 15 is 0 Å². The first-order valence-electron chi connectivity index (χ1n) is 9.47. The van der Waals surface area contributed by atoms with Crippen LogP contribution in [0.3, 0.4) is 0 Å². The molecule has 1 aliphatic heterocycles. The molecule has 1 fully saturated rings. The van der Waals surface area contributed by atoms with Gasteiger partial charge in [0.15, 0.2) is 0 Å². The molecule has 138 valence electrons. The number of carbonyl (C=O) groups excluding carboxylic acids is 1. The summed E-state index contributed by atoms with van der Waals surface area (Å²) in [6.07, 6.45) is 4.71. The van der Waals surface area contributed by atoms with Crippen molar-refractivity contribution in [3.63, 3.8) is 0 Å². The molecule has 0 atom stereocenters. The summed E-state index contributed by atoms with van der Waals surface area (Å²) in [5, 5.41) is 5.57. The van der Waals surface area contributed by atoms with Gasteiger partial charge in [-0.3, -0.25) is 9.59 Å². The zero-order chi connectivity index (χ0) is 18.6. The third-order valence-electron chi connectivity index (χ3n) is 5.38. The van der Waals surface area contributed by atoms with E-state index < -0.39 is 0 Å². The van der Waals surface area contributed by atoms with Gasteiger partial charge in [0.1, 0.15) is 6.54 Å². The van der Waals surface area contributed by atoms with Crippen LogP contribution < -0.4 is 5.56 Å². The van der Waals surface area contributed by atoms with Gasteiger partial charge in [-0.05, 0) is 36.8 Å². The highest BCUT2D eigenvalue weighted by Gasteiger charge is 2.23. The second-order valence-electron chi connectivity index (χ2n) is 7.21. The molecule has 0 saturated carbocycles. The summed E-state index contributed by atoms with van der Waals surface area (Å²) < 4.78 is 1.28. The Hall–Kier alpha value is -2.95. The van der Waals surface area contributed by atoms with E-state index in [4.69, 9.17) is 0 Å². The Morgan fingerprint density at radius 1 is 1.00 bits per heavy atom. The van der Waals surface area contributed by atoms with Gasteiger partial charge in [0.25, 0.3) is 5.56 Å². The van der Waals surface area contributed by atoms with Gasteiger partial charge in [-0.2, -0.15) is 5.10 Å². The van der Waals surface area contributed by atoms with Crippen molar-refractivity contribution in [3.8, 4) is 0 Å². The minimum absolute atomic E-state index is 0.00696. The summed E-state index contributed by atoms with van der Waals surface area (Å²) >= 11 is 0. The number of rotatable bonds is 4. The van der Waals surface area contributed by atoms with E-state index in [1.165, 1.54) is 10.2 Å². The van der Waals surface area contributed by atoms with E-state index in [9.17, 15) is 9.59 Å². The van der Waals surface area contributed by atoms with Gasteiger partial charge in [-0.25, -0.2) is 4.68 Å². The Balaban J connectivity index is 1.37. The molecule has 1 amide bonds. The molecule has 0 radical (unpaired) electrons. The second kappa shape index (κ2) is 7.74. The lowest BCUT2D eigenvalue weighted by Gasteiger charge is -2.32. The maximum Gasteiger partial charge on any atom is 0.275 e. The van der Waals surface area contributed by atoms with Crippen LogP contribution in [0.15, 0.2) is 65.6 Å². The first kappa shape index (κ1) is 17.5. The monoisotopic (exact) mass is 361 g/mol. The van der Waals surface area contributed by atoms with Crippen molar-refractivity contribution in [2.24, 2.45) is 5.92 Å². The number of fused-ring (bicyclic) bond motifs is 1. The molecule has 4 rings (SSSR count). The first-order chi connectivity index (χ1) is 13.2. The summed E-state index contributed by atoms with van der Waals surface area (Å²) in [4.78, 5) is 27.0. The quantitative estimate of drug-likeness (QED) is 0.718. The number of piperidine rings is 1. The maximum absolute atomic E-state index is 12.6. The lowest BCUT2D eigenvalue weighted by Crippen LogP contribution is -2.42. The molecule has 3 aromatic rings. The number of likely N-dealkylation sites (tertiary alicyclic amines) is 1. The van der Waals surface area contributed by atoms with E-state index in [2.05, 4.69) is 29.4 Å². The number of nitrogens with zero attached hydrogens (tertiary/aromatic N) is 3. The molecular weight excluding hydrogens is 338 g/mol. The zero-order valence-corrected chi connectivity index (χ0v) is 15.3. The van der Waals surface area contributed by atoms with Gasteiger partial charge in [-0.1, -0.05) is 48.5 Å². The molecule has 0 N–H and O–H groups in total. The highest BCUT2D eigenvalue weighted by molar-refractivity contribution is 5.81. The molecular formula is C22H23N3O2. The van der Waals surface area contributed by atoms with Crippen molar-refractivity contribution >= 4 is 16.7 Å². The Bertz CT molecular complexity index is 989. The number of benzene rings is 2. The zero-order valence-electron chi connectivity index (χ0n) is 15.3. The van der Waals surface area contributed by atoms with Gasteiger partial charge in [0.2, 0.25) is 5.91 Å². The molecule has 5 nitrogen and oxygen atoms in total. The molecule has 1 saturated heterocycles. The van der Waals surface area contributed by atoms with Crippen LogP contribution >= 0.6 is 0 Å². The molecule has 0 spiro atoms.